The van der Waals surface area contributed by atoms with Gasteiger partial charge in [0.15, 0.2) is 5.43 Å². The highest BCUT2D eigenvalue weighted by molar-refractivity contribution is 5.82. The number of aromatic nitrogens is 1. The summed E-state index contributed by atoms with van der Waals surface area (Å²) in [6.07, 6.45) is -1.33. The highest BCUT2D eigenvalue weighted by atomic mass is 16.6. The Morgan fingerprint density at radius 1 is 1.28 bits per heavy atom. The molecule has 132 valence electrons. The molecule has 2 saturated heterocycles. The quantitative estimate of drug-likeness (QED) is 0.815. The van der Waals surface area contributed by atoms with Crippen molar-refractivity contribution in [1.29, 1.82) is 0 Å². The summed E-state index contributed by atoms with van der Waals surface area (Å²) < 4.78 is 12.9. The largest absolute Gasteiger partial charge is 0.388 e. The van der Waals surface area contributed by atoms with E-state index in [0.29, 0.717) is 12.0 Å². The maximum absolute atomic E-state index is 12.5. The van der Waals surface area contributed by atoms with Crippen LogP contribution < -0.4 is 10.7 Å². The van der Waals surface area contributed by atoms with Crippen LogP contribution in [0.25, 0.3) is 10.9 Å². The van der Waals surface area contributed by atoms with Crippen molar-refractivity contribution in [2.45, 2.75) is 37.8 Å². The highest BCUT2D eigenvalue weighted by Gasteiger charge is 2.47. The molecule has 1 aromatic heterocycles. The lowest BCUT2D eigenvalue weighted by Gasteiger charge is -2.19. The summed E-state index contributed by atoms with van der Waals surface area (Å²) in [6, 6.07) is 8.51. The Balaban J connectivity index is 1.54. The van der Waals surface area contributed by atoms with E-state index >= 15 is 0 Å². The maximum atomic E-state index is 12.5. The zero-order valence-electron chi connectivity index (χ0n) is 13.8. The summed E-state index contributed by atoms with van der Waals surface area (Å²) in [7, 11) is 0. The first-order valence-corrected chi connectivity index (χ1v) is 8.34. The minimum atomic E-state index is -0.642. The Hall–Kier alpha value is -2.22. The van der Waals surface area contributed by atoms with E-state index in [1.54, 1.807) is 12.1 Å². The highest BCUT2D eigenvalue weighted by Crippen LogP contribution is 2.27. The number of carbonyl (C=O) groups is 1. The molecule has 1 aromatic carbocycles. The molecule has 1 amide bonds. The predicted molar refractivity (Wildman–Crippen MR) is 90.4 cm³/mol. The number of aliphatic hydroxyl groups excluding tert-OH is 1. The number of nitrogens with zero attached hydrogens (tertiary/aromatic N) is 1. The number of pyridine rings is 1. The lowest BCUT2D eigenvalue weighted by atomic mass is 10.1. The first-order valence-electron chi connectivity index (χ1n) is 8.34. The SMILES string of the molecule is Cc1cc(=O)c2ccccc2n1CC(=O)N[C@H]1CO[C@H]2[C@@H]1OC[C@H]2O. The van der Waals surface area contributed by atoms with Crippen LogP contribution in [0, 0.1) is 6.92 Å². The van der Waals surface area contributed by atoms with Crippen LogP contribution in [0.5, 0.6) is 0 Å². The first-order chi connectivity index (χ1) is 12.0. The summed E-state index contributed by atoms with van der Waals surface area (Å²) >= 11 is 0. The van der Waals surface area contributed by atoms with Gasteiger partial charge in [0.1, 0.15) is 24.9 Å². The van der Waals surface area contributed by atoms with E-state index in [4.69, 9.17) is 9.47 Å². The fourth-order valence-electron chi connectivity index (χ4n) is 3.66. The van der Waals surface area contributed by atoms with Crippen LogP contribution in [0.2, 0.25) is 0 Å². The number of fused-ring (bicyclic) bond motifs is 2. The Bertz CT molecular complexity index is 877. The molecule has 2 aliphatic heterocycles. The van der Waals surface area contributed by atoms with Crippen molar-refractivity contribution in [3.63, 3.8) is 0 Å². The van der Waals surface area contributed by atoms with Crippen LogP contribution in [-0.4, -0.2) is 53.1 Å². The van der Waals surface area contributed by atoms with Crippen molar-refractivity contribution in [3.05, 3.63) is 46.2 Å². The van der Waals surface area contributed by atoms with E-state index < -0.39 is 6.10 Å². The van der Waals surface area contributed by atoms with Crippen LogP contribution in [0.1, 0.15) is 5.69 Å². The molecule has 2 N–H and O–H groups in total. The van der Waals surface area contributed by atoms with Gasteiger partial charge in [-0.3, -0.25) is 9.59 Å². The summed E-state index contributed by atoms with van der Waals surface area (Å²) in [5, 5.41) is 13.3. The van der Waals surface area contributed by atoms with Crippen molar-refractivity contribution >= 4 is 16.8 Å². The van der Waals surface area contributed by atoms with Gasteiger partial charge in [0.25, 0.3) is 0 Å². The van der Waals surface area contributed by atoms with Gasteiger partial charge < -0.3 is 24.5 Å². The zero-order valence-corrected chi connectivity index (χ0v) is 13.8. The third-order valence-electron chi connectivity index (χ3n) is 4.90. The third kappa shape index (κ3) is 2.84. The Morgan fingerprint density at radius 2 is 2.04 bits per heavy atom. The van der Waals surface area contributed by atoms with E-state index in [2.05, 4.69) is 5.32 Å². The molecule has 2 aliphatic rings. The van der Waals surface area contributed by atoms with Crippen LogP contribution in [0.4, 0.5) is 0 Å². The molecule has 0 aliphatic carbocycles. The molecule has 4 rings (SSSR count). The second kappa shape index (κ2) is 6.25. The summed E-state index contributed by atoms with van der Waals surface area (Å²) in [5.74, 6) is -0.184. The second-order valence-corrected chi connectivity index (χ2v) is 6.59. The minimum absolute atomic E-state index is 0.0508. The molecule has 2 aromatic rings. The lowest BCUT2D eigenvalue weighted by Crippen LogP contribution is -2.45. The van der Waals surface area contributed by atoms with Gasteiger partial charge in [-0.25, -0.2) is 0 Å². The molecule has 0 saturated carbocycles. The van der Waals surface area contributed by atoms with Crippen molar-refractivity contribution < 1.29 is 19.4 Å². The molecular weight excluding hydrogens is 324 g/mol. The van der Waals surface area contributed by atoms with Gasteiger partial charge in [0.05, 0.1) is 24.8 Å². The van der Waals surface area contributed by atoms with Gasteiger partial charge in [0.2, 0.25) is 5.91 Å². The van der Waals surface area contributed by atoms with Crippen LogP contribution in [-0.2, 0) is 20.8 Å². The zero-order chi connectivity index (χ0) is 17.6. The van der Waals surface area contributed by atoms with Gasteiger partial charge in [-0.15, -0.1) is 0 Å². The molecule has 0 bridgehead atoms. The van der Waals surface area contributed by atoms with Gasteiger partial charge in [0, 0.05) is 17.1 Å². The minimum Gasteiger partial charge on any atom is -0.388 e. The summed E-state index contributed by atoms with van der Waals surface area (Å²) in [5.41, 5.74) is 1.41. The number of hydrogen-bond acceptors (Lipinski definition) is 5. The maximum Gasteiger partial charge on any atom is 0.240 e. The number of amides is 1. The number of carbonyl (C=O) groups excluding carboxylic acids is 1. The van der Waals surface area contributed by atoms with Crippen LogP contribution in [0.3, 0.4) is 0 Å². The van der Waals surface area contributed by atoms with Gasteiger partial charge in [-0.1, -0.05) is 12.1 Å². The fourth-order valence-corrected chi connectivity index (χ4v) is 3.66. The number of hydrogen-bond donors (Lipinski definition) is 2. The normalized spacial score (nSPS) is 28.2. The number of aliphatic hydroxyl groups is 1. The van der Waals surface area contributed by atoms with Gasteiger partial charge in [-0.05, 0) is 19.1 Å². The monoisotopic (exact) mass is 344 g/mol. The number of para-hydroxylation sites is 1. The Labute approximate surface area is 144 Å². The summed E-state index contributed by atoms with van der Waals surface area (Å²) in [4.78, 5) is 24.6. The molecule has 4 atom stereocenters. The molecule has 0 radical (unpaired) electrons. The predicted octanol–water partition coefficient (Wildman–Crippen LogP) is -0.0468. The Kier molecular flexibility index (Phi) is 4.07. The number of nitrogens with one attached hydrogen (secondary N) is 1. The molecule has 0 spiro atoms. The average molecular weight is 344 g/mol. The van der Waals surface area contributed by atoms with Gasteiger partial charge >= 0.3 is 0 Å². The van der Waals surface area contributed by atoms with Gasteiger partial charge in [-0.2, -0.15) is 0 Å². The van der Waals surface area contributed by atoms with E-state index in [0.717, 1.165) is 11.2 Å². The molecular formula is C18H20N2O5. The van der Waals surface area contributed by atoms with E-state index in [-0.39, 0.29) is 42.7 Å². The smallest absolute Gasteiger partial charge is 0.240 e. The number of ether oxygens (including phenoxy) is 2. The number of benzene rings is 1. The topological polar surface area (TPSA) is 89.8 Å². The Morgan fingerprint density at radius 3 is 2.88 bits per heavy atom. The van der Waals surface area contributed by atoms with E-state index in [1.165, 1.54) is 0 Å². The van der Waals surface area contributed by atoms with E-state index in [1.807, 2.05) is 29.7 Å². The summed E-state index contributed by atoms with van der Waals surface area (Å²) in [6.45, 7) is 2.46. The standard InChI is InChI=1S/C18H20N2O5/c1-10-6-14(21)11-4-2-3-5-13(11)20(10)7-16(23)19-12-8-24-18-15(22)9-25-17(12)18/h2-6,12,15,17-18,22H,7-9H2,1H3,(H,19,23)/t12-,15+,17+,18+/m0/s1. The average Bonchev–Trinajstić information content (AvgIpc) is 3.15. The fraction of sp³-hybridized carbons (Fsp3) is 0.444. The third-order valence-corrected chi connectivity index (χ3v) is 4.90. The molecule has 25 heavy (non-hydrogen) atoms. The molecule has 7 nitrogen and oxygen atoms in total. The van der Waals surface area contributed by atoms with Crippen molar-refractivity contribution in [1.82, 2.24) is 9.88 Å². The van der Waals surface area contributed by atoms with Crippen molar-refractivity contribution in [2.75, 3.05) is 13.2 Å². The number of aryl methyl sites for hydroxylation is 1. The molecule has 7 heteroatoms. The van der Waals surface area contributed by atoms with Crippen molar-refractivity contribution in [3.8, 4) is 0 Å². The van der Waals surface area contributed by atoms with Crippen LogP contribution in [0.15, 0.2) is 35.1 Å². The lowest BCUT2D eigenvalue weighted by molar-refractivity contribution is -0.123. The molecule has 0 unspecified atom stereocenters. The van der Waals surface area contributed by atoms with E-state index in [9.17, 15) is 14.7 Å². The molecule has 3 heterocycles. The molecule has 2 fully saturated rings. The van der Waals surface area contributed by atoms with Crippen LogP contribution >= 0.6 is 0 Å². The number of rotatable bonds is 3. The van der Waals surface area contributed by atoms with Crippen molar-refractivity contribution in [2.24, 2.45) is 0 Å². The second-order valence-electron chi connectivity index (χ2n) is 6.59. The first kappa shape index (κ1) is 16.3.